The number of likely N-dealkylation sites (tertiary alicyclic amines) is 1. The minimum atomic E-state index is -0.305. The molecule has 0 aliphatic carbocycles. The number of rotatable bonds is 4. The van der Waals surface area contributed by atoms with Gasteiger partial charge in [-0.05, 0) is 48.6 Å². The van der Waals surface area contributed by atoms with E-state index in [4.69, 9.17) is 0 Å². The number of aromatic nitrogens is 3. The van der Waals surface area contributed by atoms with Gasteiger partial charge in [0, 0.05) is 12.1 Å². The van der Waals surface area contributed by atoms with E-state index in [2.05, 4.69) is 39.6 Å². The van der Waals surface area contributed by atoms with Crippen molar-refractivity contribution in [1.82, 2.24) is 25.4 Å². The lowest BCUT2D eigenvalue weighted by Crippen LogP contribution is -2.46. The van der Waals surface area contributed by atoms with E-state index in [9.17, 15) is 9.18 Å². The van der Waals surface area contributed by atoms with Gasteiger partial charge >= 0.3 is 6.03 Å². The van der Waals surface area contributed by atoms with Crippen molar-refractivity contribution in [2.75, 3.05) is 6.54 Å². The van der Waals surface area contributed by atoms with Crippen LogP contribution >= 0.6 is 0 Å². The van der Waals surface area contributed by atoms with Gasteiger partial charge in [-0.3, -0.25) is 5.10 Å². The van der Waals surface area contributed by atoms with E-state index in [0.29, 0.717) is 23.1 Å². The highest BCUT2D eigenvalue weighted by molar-refractivity contribution is 5.75. The molecule has 6 nitrogen and oxygen atoms in total. The van der Waals surface area contributed by atoms with Crippen LogP contribution < -0.4 is 5.32 Å². The van der Waals surface area contributed by atoms with Crippen LogP contribution in [0.25, 0.3) is 11.4 Å². The van der Waals surface area contributed by atoms with Crippen molar-refractivity contribution in [3.8, 4) is 11.4 Å². The van der Waals surface area contributed by atoms with Crippen molar-refractivity contribution in [2.24, 2.45) is 5.92 Å². The zero-order valence-corrected chi connectivity index (χ0v) is 16.3. The lowest BCUT2D eigenvalue weighted by atomic mass is 9.90. The lowest BCUT2D eigenvalue weighted by molar-refractivity contribution is 0.128. The number of carbonyl (C=O) groups excluding carboxylic acids is 1. The summed E-state index contributed by atoms with van der Waals surface area (Å²) in [4.78, 5) is 19.2. The Morgan fingerprint density at radius 3 is 2.69 bits per heavy atom. The number of amides is 2. The van der Waals surface area contributed by atoms with E-state index in [-0.39, 0.29) is 24.4 Å². The van der Waals surface area contributed by atoms with Gasteiger partial charge in [0.25, 0.3) is 0 Å². The van der Waals surface area contributed by atoms with E-state index in [0.717, 1.165) is 24.9 Å². The maximum absolute atomic E-state index is 13.1. The molecule has 1 aliphatic rings. The Hall–Kier alpha value is -3.22. The zero-order valence-electron chi connectivity index (χ0n) is 16.3. The second-order valence-corrected chi connectivity index (χ2v) is 7.53. The number of hydrogen-bond donors (Lipinski definition) is 2. The third-order valence-electron chi connectivity index (χ3n) is 5.30. The van der Waals surface area contributed by atoms with Gasteiger partial charge in [-0.15, -0.1) is 0 Å². The molecule has 0 bridgehead atoms. The predicted octanol–water partition coefficient (Wildman–Crippen LogP) is 4.29. The number of benzene rings is 2. The van der Waals surface area contributed by atoms with E-state index < -0.39 is 0 Å². The first-order valence-electron chi connectivity index (χ1n) is 9.87. The summed E-state index contributed by atoms with van der Waals surface area (Å²) in [5, 5.41) is 9.95. The molecule has 4 rings (SSSR count). The number of nitrogens with one attached hydrogen (secondary N) is 2. The Morgan fingerprint density at radius 2 is 1.93 bits per heavy atom. The molecule has 29 heavy (non-hydrogen) atoms. The third-order valence-corrected chi connectivity index (χ3v) is 5.30. The van der Waals surface area contributed by atoms with Gasteiger partial charge < -0.3 is 10.2 Å². The third kappa shape index (κ3) is 4.45. The van der Waals surface area contributed by atoms with Crippen LogP contribution in [0.15, 0.2) is 54.6 Å². The molecule has 150 valence electrons. The van der Waals surface area contributed by atoms with Crippen LogP contribution in [0.5, 0.6) is 0 Å². The number of halogens is 1. The van der Waals surface area contributed by atoms with E-state index in [1.54, 1.807) is 12.1 Å². The van der Waals surface area contributed by atoms with E-state index >= 15 is 0 Å². The molecule has 2 amide bonds. The van der Waals surface area contributed by atoms with Gasteiger partial charge in [0.1, 0.15) is 11.6 Å². The van der Waals surface area contributed by atoms with Gasteiger partial charge in [-0.25, -0.2) is 14.2 Å². The molecule has 2 unspecified atom stereocenters. The first-order valence-corrected chi connectivity index (χ1v) is 9.87. The van der Waals surface area contributed by atoms with E-state index in [1.807, 2.05) is 23.1 Å². The van der Waals surface area contributed by atoms with Gasteiger partial charge in [0.05, 0.1) is 12.6 Å². The molecular formula is C22H24FN5O. The Bertz CT molecular complexity index is 957. The highest BCUT2D eigenvalue weighted by Crippen LogP contribution is 2.33. The second kappa shape index (κ2) is 8.43. The molecule has 7 heteroatoms. The topological polar surface area (TPSA) is 73.9 Å². The maximum atomic E-state index is 13.1. The lowest BCUT2D eigenvalue weighted by Gasteiger charge is -2.38. The van der Waals surface area contributed by atoms with Crippen LogP contribution in [-0.4, -0.2) is 32.7 Å². The predicted molar refractivity (Wildman–Crippen MR) is 108 cm³/mol. The number of nitrogens with zero attached hydrogens (tertiary/aromatic N) is 3. The number of H-pyrrole nitrogens is 1. The number of urea groups is 1. The van der Waals surface area contributed by atoms with Crippen LogP contribution in [0, 0.1) is 11.7 Å². The Kier molecular flexibility index (Phi) is 5.55. The number of piperidine rings is 1. The van der Waals surface area contributed by atoms with E-state index in [1.165, 1.54) is 12.1 Å². The Balaban J connectivity index is 1.42. The highest BCUT2D eigenvalue weighted by Gasteiger charge is 2.30. The summed E-state index contributed by atoms with van der Waals surface area (Å²) in [5.74, 6) is 1.19. The molecular weight excluding hydrogens is 369 g/mol. The Morgan fingerprint density at radius 1 is 1.17 bits per heavy atom. The fourth-order valence-electron chi connectivity index (χ4n) is 3.76. The van der Waals surface area contributed by atoms with Crippen molar-refractivity contribution < 1.29 is 9.18 Å². The summed E-state index contributed by atoms with van der Waals surface area (Å²) in [6, 6.07) is 16.1. The molecule has 0 spiro atoms. The molecule has 3 aromatic rings. The number of hydrogen-bond acceptors (Lipinski definition) is 3. The zero-order chi connectivity index (χ0) is 20.2. The molecule has 2 atom stereocenters. The van der Waals surface area contributed by atoms with Gasteiger partial charge in [-0.2, -0.15) is 5.10 Å². The van der Waals surface area contributed by atoms with Crippen molar-refractivity contribution in [2.45, 2.75) is 32.4 Å². The van der Waals surface area contributed by atoms with Crippen LogP contribution in [0.1, 0.15) is 37.2 Å². The number of aromatic amines is 1. The average molecular weight is 393 g/mol. The highest BCUT2D eigenvalue weighted by atomic mass is 19.1. The molecule has 1 fully saturated rings. The van der Waals surface area contributed by atoms with Crippen molar-refractivity contribution in [3.63, 3.8) is 0 Å². The normalized spacial score (nSPS) is 19.2. The molecule has 1 aromatic heterocycles. The molecule has 0 saturated carbocycles. The maximum Gasteiger partial charge on any atom is 0.318 e. The summed E-state index contributed by atoms with van der Waals surface area (Å²) < 4.78 is 13.1. The van der Waals surface area contributed by atoms with Crippen LogP contribution in [0.3, 0.4) is 0 Å². The smallest absolute Gasteiger partial charge is 0.318 e. The Labute approximate surface area is 169 Å². The van der Waals surface area contributed by atoms with Crippen LogP contribution in [0.2, 0.25) is 0 Å². The van der Waals surface area contributed by atoms with Crippen LogP contribution in [0.4, 0.5) is 9.18 Å². The average Bonchev–Trinajstić information content (AvgIpc) is 3.22. The molecule has 1 saturated heterocycles. The van der Waals surface area contributed by atoms with Crippen molar-refractivity contribution >= 4 is 6.03 Å². The monoisotopic (exact) mass is 393 g/mol. The molecule has 2 heterocycles. The van der Waals surface area contributed by atoms with Crippen molar-refractivity contribution in [3.05, 3.63) is 71.8 Å². The fourth-order valence-corrected chi connectivity index (χ4v) is 3.76. The summed E-state index contributed by atoms with van der Waals surface area (Å²) >= 11 is 0. The summed E-state index contributed by atoms with van der Waals surface area (Å²) in [7, 11) is 0. The fraction of sp³-hybridized carbons (Fsp3) is 0.318. The molecule has 2 aromatic carbocycles. The quantitative estimate of drug-likeness (QED) is 0.694. The van der Waals surface area contributed by atoms with Crippen LogP contribution in [-0.2, 0) is 6.54 Å². The standard InChI is InChI=1S/C22H24FN5O/c1-15-7-12-19(16-5-3-2-4-6-16)28(14-15)22(29)24-13-20-25-21(27-26-20)17-8-10-18(23)11-9-17/h2-6,8-11,15,19H,7,12-14H2,1H3,(H,24,29)(H,25,26,27). The SMILES string of the molecule is CC1CCC(c2ccccc2)N(C(=O)NCc2nc(-c3ccc(F)cc3)n[nH]2)C1. The van der Waals surface area contributed by atoms with Gasteiger partial charge in [-0.1, -0.05) is 37.3 Å². The molecule has 1 aliphatic heterocycles. The number of carbonyl (C=O) groups is 1. The largest absolute Gasteiger partial charge is 0.331 e. The summed E-state index contributed by atoms with van der Waals surface area (Å²) in [6.45, 7) is 3.15. The van der Waals surface area contributed by atoms with Gasteiger partial charge in [0.15, 0.2) is 5.82 Å². The summed E-state index contributed by atoms with van der Waals surface area (Å²) in [6.07, 6.45) is 2.06. The first-order chi connectivity index (χ1) is 14.1. The second-order valence-electron chi connectivity index (χ2n) is 7.53. The van der Waals surface area contributed by atoms with Gasteiger partial charge in [0.2, 0.25) is 0 Å². The molecule has 2 N–H and O–H groups in total. The minimum Gasteiger partial charge on any atom is -0.331 e. The first kappa shape index (κ1) is 19.1. The molecule has 0 radical (unpaired) electrons. The van der Waals surface area contributed by atoms with Crippen molar-refractivity contribution in [1.29, 1.82) is 0 Å². The minimum absolute atomic E-state index is 0.0805. The summed E-state index contributed by atoms with van der Waals surface area (Å²) in [5.41, 5.74) is 1.88.